The lowest BCUT2D eigenvalue weighted by Crippen LogP contribution is -2.02. The molecule has 0 aliphatic carbocycles. The van der Waals surface area contributed by atoms with Gasteiger partial charge in [-0.15, -0.1) is 10.2 Å². The monoisotopic (exact) mass is 306 g/mol. The Hall–Kier alpha value is -3.35. The van der Waals surface area contributed by atoms with Crippen LogP contribution in [0.15, 0.2) is 48.7 Å². The van der Waals surface area contributed by atoms with Crippen LogP contribution in [0.25, 0.3) is 33.4 Å². The number of fused-ring (bicyclic) bond motifs is 1. The first-order valence-electron chi connectivity index (χ1n) is 6.91. The number of aromatic nitrogens is 5. The third-order valence-corrected chi connectivity index (χ3v) is 3.52. The Bertz CT molecular complexity index is 996. The standard InChI is InChI=1S/C16H11FN6/c17-12-7-10(6-11-8-19-21-13(11)12)15-14(20-16(18)23-22-15)9-4-2-1-3-5-9/h1-8H,(H,19,21)(H2,18,20,23). The zero-order valence-corrected chi connectivity index (χ0v) is 11.9. The summed E-state index contributed by atoms with van der Waals surface area (Å²) in [5, 5.41) is 15.1. The molecule has 0 amide bonds. The second kappa shape index (κ2) is 5.13. The molecule has 0 bridgehead atoms. The number of rotatable bonds is 2. The molecule has 112 valence electrons. The molecule has 4 aromatic rings. The van der Waals surface area contributed by atoms with E-state index < -0.39 is 5.82 Å². The van der Waals surface area contributed by atoms with E-state index in [1.54, 1.807) is 12.3 Å². The molecular weight excluding hydrogens is 295 g/mol. The van der Waals surface area contributed by atoms with E-state index >= 15 is 0 Å². The summed E-state index contributed by atoms with van der Waals surface area (Å²) in [6.07, 6.45) is 1.56. The maximum Gasteiger partial charge on any atom is 0.240 e. The van der Waals surface area contributed by atoms with E-state index in [2.05, 4.69) is 25.4 Å². The Morgan fingerprint density at radius 1 is 0.957 bits per heavy atom. The molecule has 0 atom stereocenters. The summed E-state index contributed by atoms with van der Waals surface area (Å²) in [5.74, 6) is -0.342. The van der Waals surface area contributed by atoms with Gasteiger partial charge in [-0.1, -0.05) is 30.3 Å². The van der Waals surface area contributed by atoms with Gasteiger partial charge in [0.1, 0.15) is 22.7 Å². The predicted molar refractivity (Wildman–Crippen MR) is 84.7 cm³/mol. The lowest BCUT2D eigenvalue weighted by molar-refractivity contribution is 0.636. The zero-order chi connectivity index (χ0) is 15.8. The minimum atomic E-state index is -0.410. The van der Waals surface area contributed by atoms with E-state index in [0.717, 1.165) is 5.56 Å². The number of hydrogen-bond acceptors (Lipinski definition) is 5. The van der Waals surface area contributed by atoms with Crippen molar-refractivity contribution < 1.29 is 4.39 Å². The lowest BCUT2D eigenvalue weighted by atomic mass is 10.0. The minimum absolute atomic E-state index is 0.0671. The minimum Gasteiger partial charge on any atom is -0.366 e. The van der Waals surface area contributed by atoms with Gasteiger partial charge in [-0.3, -0.25) is 5.10 Å². The number of hydrogen-bond donors (Lipinski definition) is 2. The molecule has 0 saturated carbocycles. The third kappa shape index (κ3) is 2.28. The number of halogens is 1. The first-order chi connectivity index (χ1) is 11.2. The SMILES string of the molecule is Nc1nnc(-c2cc(F)c3[nH]ncc3c2)c(-c2ccccc2)n1. The molecule has 2 aromatic carbocycles. The molecule has 7 heteroatoms. The maximum atomic E-state index is 14.2. The van der Waals surface area contributed by atoms with Crippen molar-refractivity contribution in [2.45, 2.75) is 0 Å². The lowest BCUT2D eigenvalue weighted by Gasteiger charge is -2.08. The van der Waals surface area contributed by atoms with Crippen molar-refractivity contribution in [2.24, 2.45) is 0 Å². The van der Waals surface area contributed by atoms with Gasteiger partial charge >= 0.3 is 0 Å². The summed E-state index contributed by atoms with van der Waals surface area (Å²) in [4.78, 5) is 4.28. The highest BCUT2D eigenvalue weighted by atomic mass is 19.1. The second-order valence-electron chi connectivity index (χ2n) is 5.03. The van der Waals surface area contributed by atoms with Gasteiger partial charge in [0.2, 0.25) is 5.95 Å². The number of benzene rings is 2. The molecule has 6 nitrogen and oxygen atoms in total. The Morgan fingerprint density at radius 3 is 2.61 bits per heavy atom. The van der Waals surface area contributed by atoms with Crippen LogP contribution in [0.2, 0.25) is 0 Å². The summed E-state index contributed by atoms with van der Waals surface area (Å²) >= 11 is 0. The Kier molecular flexibility index (Phi) is 2.97. The van der Waals surface area contributed by atoms with Crippen LogP contribution in [0, 0.1) is 5.82 Å². The Morgan fingerprint density at radius 2 is 1.78 bits per heavy atom. The van der Waals surface area contributed by atoms with Crippen LogP contribution in [0.4, 0.5) is 10.3 Å². The summed E-state index contributed by atoms with van der Waals surface area (Å²) in [6.45, 7) is 0. The number of H-pyrrole nitrogens is 1. The largest absolute Gasteiger partial charge is 0.366 e. The second-order valence-corrected chi connectivity index (χ2v) is 5.03. The van der Waals surface area contributed by atoms with Crippen LogP contribution in [0.1, 0.15) is 0 Å². The topological polar surface area (TPSA) is 93.4 Å². The third-order valence-electron chi connectivity index (χ3n) is 3.52. The normalized spacial score (nSPS) is 11.0. The van der Waals surface area contributed by atoms with Gasteiger partial charge < -0.3 is 5.73 Å². The molecule has 0 spiro atoms. The molecule has 2 heterocycles. The van der Waals surface area contributed by atoms with Crippen LogP contribution in [-0.4, -0.2) is 25.4 Å². The fraction of sp³-hybridized carbons (Fsp3) is 0. The molecule has 0 radical (unpaired) electrons. The van der Waals surface area contributed by atoms with Gasteiger partial charge in [0.25, 0.3) is 0 Å². The summed E-state index contributed by atoms with van der Waals surface area (Å²) in [5.41, 5.74) is 8.44. The van der Waals surface area contributed by atoms with Crippen molar-refractivity contribution in [1.29, 1.82) is 0 Å². The Labute approximate surface area is 130 Å². The molecule has 0 aliphatic rings. The van der Waals surface area contributed by atoms with Crippen molar-refractivity contribution in [3.63, 3.8) is 0 Å². The summed E-state index contributed by atoms with van der Waals surface area (Å²) in [7, 11) is 0. The van der Waals surface area contributed by atoms with Crippen LogP contribution < -0.4 is 5.73 Å². The van der Waals surface area contributed by atoms with Gasteiger partial charge in [-0.25, -0.2) is 9.37 Å². The average Bonchev–Trinajstić information content (AvgIpc) is 3.05. The highest BCUT2D eigenvalue weighted by Crippen LogP contribution is 2.31. The summed E-state index contributed by atoms with van der Waals surface area (Å²) < 4.78 is 14.2. The first-order valence-corrected chi connectivity index (χ1v) is 6.91. The van der Waals surface area contributed by atoms with Crippen molar-refractivity contribution in [3.05, 3.63) is 54.5 Å². The Balaban J connectivity index is 1.97. The molecule has 4 rings (SSSR count). The van der Waals surface area contributed by atoms with E-state index in [0.29, 0.717) is 27.9 Å². The smallest absolute Gasteiger partial charge is 0.240 e. The maximum absolute atomic E-state index is 14.2. The highest BCUT2D eigenvalue weighted by Gasteiger charge is 2.15. The molecular formula is C16H11FN6. The molecule has 0 unspecified atom stereocenters. The number of nitrogen functional groups attached to an aromatic ring is 1. The molecule has 23 heavy (non-hydrogen) atoms. The molecule has 0 fully saturated rings. The van der Waals surface area contributed by atoms with Crippen molar-refractivity contribution in [3.8, 4) is 22.5 Å². The number of nitrogens with one attached hydrogen (secondary N) is 1. The van der Waals surface area contributed by atoms with E-state index in [1.807, 2.05) is 30.3 Å². The van der Waals surface area contributed by atoms with E-state index in [1.165, 1.54) is 6.07 Å². The fourth-order valence-electron chi connectivity index (χ4n) is 2.48. The average molecular weight is 306 g/mol. The number of anilines is 1. The van der Waals surface area contributed by atoms with Gasteiger partial charge in [0.05, 0.1) is 6.20 Å². The van der Waals surface area contributed by atoms with Crippen molar-refractivity contribution in [2.75, 3.05) is 5.73 Å². The van der Waals surface area contributed by atoms with Gasteiger partial charge in [0.15, 0.2) is 0 Å². The zero-order valence-electron chi connectivity index (χ0n) is 11.9. The predicted octanol–water partition coefficient (Wildman–Crippen LogP) is 2.80. The molecule has 0 saturated heterocycles. The first kappa shape index (κ1) is 13.3. The van der Waals surface area contributed by atoms with Crippen LogP contribution in [0.5, 0.6) is 0 Å². The molecule has 2 aromatic heterocycles. The van der Waals surface area contributed by atoms with Gasteiger partial charge in [-0.05, 0) is 12.1 Å². The number of aromatic amines is 1. The van der Waals surface area contributed by atoms with Crippen LogP contribution in [-0.2, 0) is 0 Å². The van der Waals surface area contributed by atoms with E-state index in [4.69, 9.17) is 5.73 Å². The van der Waals surface area contributed by atoms with E-state index in [-0.39, 0.29) is 5.95 Å². The summed E-state index contributed by atoms with van der Waals surface area (Å²) in [6, 6.07) is 12.6. The van der Waals surface area contributed by atoms with Crippen molar-refractivity contribution >= 4 is 16.9 Å². The quantitative estimate of drug-likeness (QED) is 0.594. The van der Waals surface area contributed by atoms with Gasteiger partial charge in [-0.2, -0.15) is 5.10 Å². The number of nitrogens with zero attached hydrogens (tertiary/aromatic N) is 4. The molecule has 0 aliphatic heterocycles. The molecule has 3 N–H and O–H groups in total. The van der Waals surface area contributed by atoms with Gasteiger partial charge in [0, 0.05) is 16.5 Å². The highest BCUT2D eigenvalue weighted by molar-refractivity contribution is 5.87. The van der Waals surface area contributed by atoms with Crippen LogP contribution in [0.3, 0.4) is 0 Å². The van der Waals surface area contributed by atoms with E-state index in [9.17, 15) is 4.39 Å². The van der Waals surface area contributed by atoms with Crippen LogP contribution >= 0.6 is 0 Å². The van der Waals surface area contributed by atoms with Crippen molar-refractivity contribution in [1.82, 2.24) is 25.4 Å². The fourth-order valence-corrected chi connectivity index (χ4v) is 2.48. The number of nitrogens with two attached hydrogens (primary N) is 1.